The Morgan fingerprint density at radius 3 is 2.42 bits per heavy atom. The molecule has 0 aromatic heterocycles. The fraction of sp³-hybridized carbons (Fsp3) is 1.00. The fourth-order valence-corrected chi connectivity index (χ4v) is 3.41. The quantitative estimate of drug-likeness (QED) is 0.759. The zero-order valence-corrected chi connectivity index (χ0v) is 13.9. The Morgan fingerprint density at radius 1 is 1.16 bits per heavy atom. The molecule has 2 nitrogen and oxygen atoms in total. The summed E-state index contributed by atoms with van der Waals surface area (Å²) >= 11 is 0. The molecular weight excluding hydrogens is 232 g/mol. The predicted octanol–water partition coefficient (Wildman–Crippen LogP) is 3.90. The van der Waals surface area contributed by atoms with E-state index < -0.39 is 0 Å². The maximum Gasteiger partial charge on any atom is 0.00948 e. The second-order valence-electron chi connectivity index (χ2n) is 7.49. The number of nitrogens with two attached hydrogens (primary N) is 1. The van der Waals surface area contributed by atoms with Crippen LogP contribution in [0.15, 0.2) is 0 Å². The van der Waals surface area contributed by atoms with E-state index in [1.54, 1.807) is 0 Å². The maximum absolute atomic E-state index is 6.16. The monoisotopic (exact) mass is 268 g/mol. The molecule has 19 heavy (non-hydrogen) atoms. The summed E-state index contributed by atoms with van der Waals surface area (Å²) in [7, 11) is 2.30. The summed E-state index contributed by atoms with van der Waals surface area (Å²) < 4.78 is 0. The van der Waals surface area contributed by atoms with Gasteiger partial charge in [0.05, 0.1) is 0 Å². The van der Waals surface area contributed by atoms with Crippen LogP contribution in [0.1, 0.15) is 66.2 Å². The van der Waals surface area contributed by atoms with E-state index in [1.807, 2.05) is 0 Å². The zero-order valence-electron chi connectivity index (χ0n) is 13.9. The van der Waals surface area contributed by atoms with Crippen LogP contribution in [0.4, 0.5) is 0 Å². The van der Waals surface area contributed by atoms with E-state index in [0.29, 0.717) is 12.0 Å². The van der Waals surface area contributed by atoms with Crippen molar-refractivity contribution in [1.82, 2.24) is 4.90 Å². The van der Waals surface area contributed by atoms with Crippen molar-refractivity contribution in [3.63, 3.8) is 0 Å². The van der Waals surface area contributed by atoms with Crippen molar-refractivity contribution in [3.8, 4) is 0 Å². The molecule has 1 aliphatic carbocycles. The SMILES string of the molecule is CC(C)CC1CCCC(N(C)CCC(N)C(C)C)C1. The van der Waals surface area contributed by atoms with E-state index in [9.17, 15) is 0 Å². The minimum absolute atomic E-state index is 0.359. The number of nitrogens with zero attached hydrogens (tertiary/aromatic N) is 1. The highest BCUT2D eigenvalue weighted by Crippen LogP contribution is 2.31. The zero-order chi connectivity index (χ0) is 14.4. The Morgan fingerprint density at radius 2 is 1.84 bits per heavy atom. The second kappa shape index (κ2) is 8.26. The van der Waals surface area contributed by atoms with Gasteiger partial charge in [-0.3, -0.25) is 0 Å². The third-order valence-corrected chi connectivity index (χ3v) is 4.85. The first-order valence-electron chi connectivity index (χ1n) is 8.36. The van der Waals surface area contributed by atoms with Crippen LogP contribution in [0, 0.1) is 17.8 Å². The Labute approximate surface area is 121 Å². The molecule has 1 rings (SSSR count). The van der Waals surface area contributed by atoms with E-state index >= 15 is 0 Å². The van der Waals surface area contributed by atoms with Crippen LogP contribution < -0.4 is 5.73 Å². The van der Waals surface area contributed by atoms with Crippen molar-refractivity contribution in [3.05, 3.63) is 0 Å². The molecule has 0 bridgehead atoms. The average molecular weight is 268 g/mol. The lowest BCUT2D eigenvalue weighted by Gasteiger charge is -2.36. The van der Waals surface area contributed by atoms with Crippen LogP contribution in [-0.4, -0.2) is 30.6 Å². The molecule has 2 heteroatoms. The molecule has 1 saturated carbocycles. The summed E-state index contributed by atoms with van der Waals surface area (Å²) in [6.45, 7) is 10.3. The summed E-state index contributed by atoms with van der Waals surface area (Å²) in [6.07, 6.45) is 8.22. The maximum atomic E-state index is 6.16. The highest BCUT2D eigenvalue weighted by Gasteiger charge is 2.25. The molecule has 0 amide bonds. The highest BCUT2D eigenvalue weighted by atomic mass is 15.1. The molecule has 1 aliphatic rings. The third kappa shape index (κ3) is 6.27. The highest BCUT2D eigenvalue weighted by molar-refractivity contribution is 4.80. The lowest BCUT2D eigenvalue weighted by atomic mass is 9.80. The lowest BCUT2D eigenvalue weighted by molar-refractivity contribution is 0.142. The summed E-state index contributed by atoms with van der Waals surface area (Å²) in [4.78, 5) is 2.58. The van der Waals surface area contributed by atoms with E-state index in [1.165, 1.54) is 38.6 Å². The molecule has 2 N–H and O–H groups in total. The molecule has 0 aliphatic heterocycles. The fourth-order valence-electron chi connectivity index (χ4n) is 3.41. The van der Waals surface area contributed by atoms with Crippen LogP contribution in [0.5, 0.6) is 0 Å². The van der Waals surface area contributed by atoms with Gasteiger partial charge in [-0.2, -0.15) is 0 Å². The standard InChI is InChI=1S/C17H36N2/c1-13(2)11-15-7-6-8-16(12-15)19(5)10-9-17(18)14(3)4/h13-17H,6-12,18H2,1-5H3. The van der Waals surface area contributed by atoms with Gasteiger partial charge in [-0.15, -0.1) is 0 Å². The van der Waals surface area contributed by atoms with Gasteiger partial charge in [0.2, 0.25) is 0 Å². The summed E-state index contributed by atoms with van der Waals surface area (Å²) in [6, 6.07) is 1.16. The van der Waals surface area contributed by atoms with Crippen molar-refractivity contribution in [1.29, 1.82) is 0 Å². The van der Waals surface area contributed by atoms with Crippen molar-refractivity contribution in [2.24, 2.45) is 23.5 Å². The second-order valence-corrected chi connectivity index (χ2v) is 7.49. The van der Waals surface area contributed by atoms with Gasteiger partial charge in [0.1, 0.15) is 0 Å². The van der Waals surface area contributed by atoms with Crippen molar-refractivity contribution < 1.29 is 0 Å². The summed E-state index contributed by atoms with van der Waals surface area (Å²) in [5.41, 5.74) is 6.16. The first-order valence-corrected chi connectivity index (χ1v) is 8.36. The van der Waals surface area contributed by atoms with Crippen LogP contribution in [-0.2, 0) is 0 Å². The van der Waals surface area contributed by atoms with Gasteiger partial charge in [0, 0.05) is 12.1 Å². The lowest BCUT2D eigenvalue weighted by Crippen LogP contribution is -2.39. The molecule has 3 atom stereocenters. The smallest absolute Gasteiger partial charge is 0.00948 e. The van der Waals surface area contributed by atoms with Gasteiger partial charge in [-0.25, -0.2) is 0 Å². The van der Waals surface area contributed by atoms with E-state index in [4.69, 9.17) is 5.73 Å². The molecule has 114 valence electrons. The Kier molecular flexibility index (Phi) is 7.38. The van der Waals surface area contributed by atoms with Crippen molar-refractivity contribution >= 4 is 0 Å². The molecule has 1 fully saturated rings. The van der Waals surface area contributed by atoms with Crippen LogP contribution in [0.2, 0.25) is 0 Å². The minimum Gasteiger partial charge on any atom is -0.327 e. The number of hydrogen-bond acceptors (Lipinski definition) is 2. The van der Waals surface area contributed by atoms with Gasteiger partial charge >= 0.3 is 0 Å². The Hall–Kier alpha value is -0.0800. The van der Waals surface area contributed by atoms with Crippen LogP contribution >= 0.6 is 0 Å². The van der Waals surface area contributed by atoms with Gasteiger partial charge < -0.3 is 10.6 Å². The largest absolute Gasteiger partial charge is 0.327 e. The molecule has 0 radical (unpaired) electrons. The third-order valence-electron chi connectivity index (χ3n) is 4.85. The molecule has 0 spiro atoms. The van der Waals surface area contributed by atoms with Crippen LogP contribution in [0.3, 0.4) is 0 Å². The van der Waals surface area contributed by atoms with Gasteiger partial charge in [-0.1, -0.05) is 40.5 Å². The van der Waals surface area contributed by atoms with Crippen molar-refractivity contribution in [2.45, 2.75) is 78.3 Å². The van der Waals surface area contributed by atoms with E-state index in [0.717, 1.165) is 24.3 Å². The summed E-state index contributed by atoms with van der Waals surface area (Å²) in [5.74, 6) is 2.41. The molecule has 3 unspecified atom stereocenters. The molecule has 0 heterocycles. The summed E-state index contributed by atoms with van der Waals surface area (Å²) in [5, 5.41) is 0. The first kappa shape index (κ1) is 17.0. The van der Waals surface area contributed by atoms with Gasteiger partial charge in [0.25, 0.3) is 0 Å². The topological polar surface area (TPSA) is 29.3 Å². The Balaban J connectivity index is 2.33. The number of rotatable bonds is 7. The minimum atomic E-state index is 0.359. The molecule has 0 aromatic carbocycles. The predicted molar refractivity (Wildman–Crippen MR) is 85.3 cm³/mol. The molecular formula is C17H36N2. The first-order chi connectivity index (χ1) is 8.90. The van der Waals surface area contributed by atoms with Gasteiger partial charge in [0.15, 0.2) is 0 Å². The van der Waals surface area contributed by atoms with Crippen molar-refractivity contribution in [2.75, 3.05) is 13.6 Å². The molecule has 0 aromatic rings. The van der Waals surface area contributed by atoms with E-state index in [2.05, 4.69) is 39.6 Å². The molecule has 0 saturated heterocycles. The average Bonchev–Trinajstić information content (AvgIpc) is 2.34. The van der Waals surface area contributed by atoms with Crippen LogP contribution in [0.25, 0.3) is 0 Å². The normalized spacial score (nSPS) is 26.4. The Bertz CT molecular complexity index is 237. The van der Waals surface area contributed by atoms with E-state index in [-0.39, 0.29) is 0 Å². The van der Waals surface area contributed by atoms with Gasteiger partial charge in [-0.05, 0) is 57.0 Å². The number of hydrogen-bond donors (Lipinski definition) is 1.